The standard InChI is InChI=1S/C20H23N3O2S/c24-19(20(25)22-16-7-8-16)21-12-17(18-6-3-11-26-18)23-10-9-14-4-1-2-5-15(14)13-23/h1-6,11,16-17H,7-10,12-13H2,(H,21,24)(H,22,25)/t17-/m0/s1. The van der Waals surface area contributed by atoms with Crippen LogP contribution in [0.5, 0.6) is 0 Å². The van der Waals surface area contributed by atoms with Gasteiger partial charge in [-0.25, -0.2) is 0 Å². The summed E-state index contributed by atoms with van der Waals surface area (Å²) in [5, 5.41) is 7.64. The molecule has 1 saturated carbocycles. The molecular formula is C20H23N3O2S. The van der Waals surface area contributed by atoms with Crippen LogP contribution in [0.4, 0.5) is 0 Å². The van der Waals surface area contributed by atoms with Crippen LogP contribution in [-0.4, -0.2) is 35.8 Å². The van der Waals surface area contributed by atoms with Crippen molar-refractivity contribution in [2.24, 2.45) is 0 Å². The minimum Gasteiger partial charge on any atom is -0.346 e. The Kier molecular flexibility index (Phi) is 5.04. The zero-order chi connectivity index (χ0) is 17.9. The molecule has 26 heavy (non-hydrogen) atoms. The summed E-state index contributed by atoms with van der Waals surface area (Å²) in [5.41, 5.74) is 2.75. The largest absolute Gasteiger partial charge is 0.346 e. The number of carbonyl (C=O) groups excluding carboxylic acids is 2. The van der Waals surface area contributed by atoms with E-state index in [1.807, 2.05) is 6.07 Å². The van der Waals surface area contributed by atoms with Crippen molar-refractivity contribution < 1.29 is 9.59 Å². The average Bonchev–Trinajstić information content (AvgIpc) is 3.31. The quantitative estimate of drug-likeness (QED) is 0.795. The lowest BCUT2D eigenvalue weighted by molar-refractivity contribution is -0.139. The minimum atomic E-state index is -0.532. The number of thiophene rings is 1. The molecule has 1 atom stereocenters. The molecule has 0 bridgehead atoms. The van der Waals surface area contributed by atoms with Gasteiger partial charge in [0.15, 0.2) is 0 Å². The molecule has 136 valence electrons. The van der Waals surface area contributed by atoms with E-state index in [1.54, 1.807) is 11.3 Å². The maximum Gasteiger partial charge on any atom is 0.309 e. The Morgan fingerprint density at radius 2 is 1.92 bits per heavy atom. The van der Waals surface area contributed by atoms with Gasteiger partial charge in [0.1, 0.15) is 0 Å². The van der Waals surface area contributed by atoms with Gasteiger partial charge in [-0.3, -0.25) is 14.5 Å². The molecule has 2 N–H and O–H groups in total. The van der Waals surface area contributed by atoms with Crippen LogP contribution in [0.25, 0.3) is 0 Å². The normalized spacial score (nSPS) is 18.0. The lowest BCUT2D eigenvalue weighted by Gasteiger charge is -2.35. The first kappa shape index (κ1) is 17.2. The van der Waals surface area contributed by atoms with Crippen LogP contribution >= 0.6 is 11.3 Å². The molecule has 2 aliphatic rings. The predicted octanol–water partition coefficient (Wildman–Crippen LogP) is 2.24. The Labute approximate surface area is 157 Å². The third kappa shape index (κ3) is 3.97. The summed E-state index contributed by atoms with van der Waals surface area (Å²) in [6.45, 7) is 2.26. The molecule has 2 amide bonds. The molecule has 4 rings (SSSR count). The first-order valence-corrected chi connectivity index (χ1v) is 10.0. The van der Waals surface area contributed by atoms with Crippen LogP contribution in [0, 0.1) is 0 Å². The molecule has 2 heterocycles. The summed E-state index contributed by atoms with van der Waals surface area (Å²) in [6.07, 6.45) is 2.96. The van der Waals surface area contributed by atoms with E-state index in [2.05, 4.69) is 51.2 Å². The first-order valence-electron chi connectivity index (χ1n) is 9.13. The van der Waals surface area contributed by atoms with E-state index in [-0.39, 0.29) is 12.1 Å². The maximum atomic E-state index is 12.1. The fourth-order valence-electron chi connectivity index (χ4n) is 3.42. The van der Waals surface area contributed by atoms with Gasteiger partial charge in [0.25, 0.3) is 0 Å². The Balaban J connectivity index is 1.43. The number of hydrogen-bond acceptors (Lipinski definition) is 4. The Bertz CT molecular complexity index is 786. The maximum absolute atomic E-state index is 12.1. The summed E-state index contributed by atoms with van der Waals surface area (Å²) in [5.74, 6) is -1.04. The molecule has 1 fully saturated rings. The fourth-order valence-corrected chi connectivity index (χ4v) is 4.28. The highest BCUT2D eigenvalue weighted by Gasteiger charge is 2.29. The van der Waals surface area contributed by atoms with Gasteiger partial charge in [-0.15, -0.1) is 11.3 Å². The fraction of sp³-hybridized carbons (Fsp3) is 0.400. The summed E-state index contributed by atoms with van der Waals surface area (Å²) >= 11 is 1.69. The molecule has 2 aromatic rings. The van der Waals surface area contributed by atoms with Crippen molar-refractivity contribution in [3.63, 3.8) is 0 Å². The molecule has 0 radical (unpaired) electrons. The SMILES string of the molecule is O=C(NC[C@@H](c1cccs1)N1CCc2ccccc2C1)C(=O)NC1CC1. The zero-order valence-corrected chi connectivity index (χ0v) is 15.4. The van der Waals surface area contributed by atoms with Crippen molar-refractivity contribution in [2.45, 2.75) is 37.9 Å². The highest BCUT2D eigenvalue weighted by Crippen LogP contribution is 2.30. The number of carbonyl (C=O) groups is 2. The second kappa shape index (κ2) is 7.60. The molecule has 0 unspecified atom stereocenters. The molecule has 6 heteroatoms. The van der Waals surface area contributed by atoms with Crippen LogP contribution in [-0.2, 0) is 22.6 Å². The minimum absolute atomic E-state index is 0.0843. The number of nitrogens with one attached hydrogen (secondary N) is 2. The monoisotopic (exact) mass is 369 g/mol. The average molecular weight is 369 g/mol. The van der Waals surface area contributed by atoms with Crippen molar-refractivity contribution in [3.8, 4) is 0 Å². The number of hydrogen-bond donors (Lipinski definition) is 2. The molecule has 1 aromatic heterocycles. The lowest BCUT2D eigenvalue weighted by Crippen LogP contribution is -2.45. The molecule has 0 spiro atoms. The van der Waals surface area contributed by atoms with E-state index in [4.69, 9.17) is 0 Å². The van der Waals surface area contributed by atoms with Gasteiger partial charge in [-0.05, 0) is 41.8 Å². The van der Waals surface area contributed by atoms with Crippen LogP contribution in [0.1, 0.15) is 34.9 Å². The topological polar surface area (TPSA) is 61.4 Å². The molecule has 5 nitrogen and oxygen atoms in total. The summed E-state index contributed by atoms with van der Waals surface area (Å²) in [7, 11) is 0. The third-order valence-corrected chi connectivity index (χ3v) is 6.02. The number of amides is 2. The Hall–Kier alpha value is -2.18. The van der Waals surface area contributed by atoms with Crippen LogP contribution in [0.15, 0.2) is 41.8 Å². The lowest BCUT2D eigenvalue weighted by atomic mass is 9.98. The van der Waals surface area contributed by atoms with Gasteiger partial charge < -0.3 is 10.6 Å². The second-order valence-corrected chi connectivity index (χ2v) is 7.96. The number of benzene rings is 1. The third-order valence-electron chi connectivity index (χ3n) is 5.05. The Morgan fingerprint density at radius 1 is 1.12 bits per heavy atom. The Morgan fingerprint density at radius 3 is 2.65 bits per heavy atom. The van der Waals surface area contributed by atoms with Crippen LogP contribution in [0.2, 0.25) is 0 Å². The van der Waals surface area contributed by atoms with Gasteiger partial charge in [0, 0.05) is 30.6 Å². The van der Waals surface area contributed by atoms with E-state index in [0.29, 0.717) is 6.54 Å². The molecular weight excluding hydrogens is 346 g/mol. The summed E-state index contributed by atoms with van der Waals surface area (Å²) < 4.78 is 0. The molecule has 0 saturated heterocycles. The zero-order valence-electron chi connectivity index (χ0n) is 14.6. The summed E-state index contributed by atoms with van der Waals surface area (Å²) in [6, 6.07) is 12.9. The van der Waals surface area contributed by atoms with E-state index < -0.39 is 11.8 Å². The van der Waals surface area contributed by atoms with Gasteiger partial charge in [-0.2, -0.15) is 0 Å². The first-order chi connectivity index (χ1) is 12.7. The van der Waals surface area contributed by atoms with Crippen molar-refractivity contribution >= 4 is 23.2 Å². The van der Waals surface area contributed by atoms with Crippen molar-refractivity contribution in [1.29, 1.82) is 0 Å². The van der Waals surface area contributed by atoms with E-state index in [0.717, 1.165) is 32.4 Å². The highest BCUT2D eigenvalue weighted by atomic mass is 32.1. The molecule has 1 aliphatic heterocycles. The van der Waals surface area contributed by atoms with Gasteiger partial charge >= 0.3 is 11.8 Å². The molecule has 1 aliphatic carbocycles. The van der Waals surface area contributed by atoms with E-state index in [1.165, 1.54) is 16.0 Å². The van der Waals surface area contributed by atoms with Crippen LogP contribution in [0.3, 0.4) is 0 Å². The number of rotatable bonds is 5. The van der Waals surface area contributed by atoms with Gasteiger partial charge in [0.2, 0.25) is 0 Å². The number of nitrogens with zero attached hydrogens (tertiary/aromatic N) is 1. The van der Waals surface area contributed by atoms with E-state index in [9.17, 15) is 9.59 Å². The number of fused-ring (bicyclic) bond motifs is 1. The van der Waals surface area contributed by atoms with Crippen molar-refractivity contribution in [3.05, 3.63) is 57.8 Å². The second-order valence-electron chi connectivity index (χ2n) is 6.98. The van der Waals surface area contributed by atoms with E-state index >= 15 is 0 Å². The van der Waals surface area contributed by atoms with Crippen molar-refractivity contribution in [1.82, 2.24) is 15.5 Å². The highest BCUT2D eigenvalue weighted by molar-refractivity contribution is 7.10. The predicted molar refractivity (Wildman–Crippen MR) is 102 cm³/mol. The molecule has 1 aromatic carbocycles. The van der Waals surface area contributed by atoms with Gasteiger partial charge in [0.05, 0.1) is 6.04 Å². The van der Waals surface area contributed by atoms with Crippen LogP contribution < -0.4 is 10.6 Å². The van der Waals surface area contributed by atoms with Gasteiger partial charge in [-0.1, -0.05) is 30.3 Å². The smallest absolute Gasteiger partial charge is 0.309 e. The summed E-state index contributed by atoms with van der Waals surface area (Å²) in [4.78, 5) is 27.6. The van der Waals surface area contributed by atoms with Crippen molar-refractivity contribution in [2.75, 3.05) is 13.1 Å².